The molecule has 6 heteroatoms. The number of hydrogen-bond donors (Lipinski definition) is 1. The first kappa shape index (κ1) is 16.9. The van der Waals surface area contributed by atoms with Crippen LogP contribution in [0.3, 0.4) is 0 Å². The summed E-state index contributed by atoms with van der Waals surface area (Å²) in [5.74, 6) is 0.00981. The normalized spacial score (nSPS) is 10.8. The first-order valence-corrected chi connectivity index (χ1v) is 7.31. The third-order valence-corrected chi connectivity index (χ3v) is 3.36. The molecule has 0 aliphatic rings. The largest absolute Gasteiger partial charge is 0.496 e. The highest BCUT2D eigenvalue weighted by molar-refractivity contribution is 6.35. The minimum atomic E-state index is -0.559. The molecule has 0 unspecified atom stereocenters. The smallest absolute Gasteiger partial charge is 0.266 e. The van der Waals surface area contributed by atoms with E-state index in [1.165, 1.54) is 13.2 Å². The van der Waals surface area contributed by atoms with Gasteiger partial charge in [0, 0.05) is 21.3 Å². The molecule has 0 aromatic heterocycles. The Morgan fingerprint density at radius 3 is 2.48 bits per heavy atom. The van der Waals surface area contributed by atoms with Crippen LogP contribution >= 0.6 is 23.2 Å². The molecule has 0 aliphatic heterocycles. The van der Waals surface area contributed by atoms with Gasteiger partial charge in [0.2, 0.25) is 0 Å². The van der Waals surface area contributed by atoms with Gasteiger partial charge in [-0.15, -0.1) is 0 Å². The number of benzene rings is 2. The van der Waals surface area contributed by atoms with Gasteiger partial charge >= 0.3 is 0 Å². The van der Waals surface area contributed by atoms with Gasteiger partial charge in [-0.2, -0.15) is 5.26 Å². The first-order valence-electron chi connectivity index (χ1n) is 6.55. The molecule has 23 heavy (non-hydrogen) atoms. The maximum Gasteiger partial charge on any atom is 0.266 e. The average molecular weight is 347 g/mol. The van der Waals surface area contributed by atoms with Crippen molar-refractivity contribution in [3.8, 4) is 11.8 Å². The summed E-state index contributed by atoms with van der Waals surface area (Å²) in [5, 5.41) is 12.6. The van der Waals surface area contributed by atoms with Crippen LogP contribution in [0, 0.1) is 11.3 Å². The van der Waals surface area contributed by atoms with Crippen LogP contribution in [0.2, 0.25) is 10.0 Å². The highest BCUT2D eigenvalue weighted by Gasteiger charge is 2.11. The van der Waals surface area contributed by atoms with Crippen LogP contribution in [0.4, 0.5) is 5.69 Å². The Balaban J connectivity index is 2.28. The van der Waals surface area contributed by atoms with Gasteiger partial charge in [0.1, 0.15) is 17.4 Å². The second kappa shape index (κ2) is 7.68. The molecule has 2 aromatic carbocycles. The number of ether oxygens (including phenoxy) is 1. The van der Waals surface area contributed by atoms with Crippen molar-refractivity contribution in [1.82, 2.24) is 0 Å². The van der Waals surface area contributed by atoms with Crippen molar-refractivity contribution < 1.29 is 9.53 Å². The van der Waals surface area contributed by atoms with Crippen molar-refractivity contribution in [3.05, 3.63) is 63.6 Å². The van der Waals surface area contributed by atoms with E-state index in [1.54, 1.807) is 42.5 Å². The van der Waals surface area contributed by atoms with Gasteiger partial charge < -0.3 is 10.1 Å². The van der Waals surface area contributed by atoms with Gasteiger partial charge in [0.25, 0.3) is 5.91 Å². The summed E-state index contributed by atoms with van der Waals surface area (Å²) in [6, 6.07) is 13.6. The van der Waals surface area contributed by atoms with Gasteiger partial charge in [-0.05, 0) is 30.3 Å². The molecule has 0 atom stereocenters. The number of para-hydroxylation sites is 1. The van der Waals surface area contributed by atoms with E-state index < -0.39 is 5.91 Å². The zero-order valence-electron chi connectivity index (χ0n) is 12.1. The minimum Gasteiger partial charge on any atom is -0.496 e. The van der Waals surface area contributed by atoms with Crippen LogP contribution in [0.5, 0.6) is 5.75 Å². The van der Waals surface area contributed by atoms with E-state index in [4.69, 9.17) is 27.9 Å². The molecule has 0 aliphatic carbocycles. The van der Waals surface area contributed by atoms with E-state index in [9.17, 15) is 10.1 Å². The van der Waals surface area contributed by atoms with E-state index in [0.29, 0.717) is 27.0 Å². The Morgan fingerprint density at radius 1 is 1.22 bits per heavy atom. The zero-order valence-corrected chi connectivity index (χ0v) is 13.7. The molecule has 1 amide bonds. The molecular formula is C17H12Cl2N2O2. The molecule has 0 saturated carbocycles. The fraction of sp³-hybridized carbons (Fsp3) is 0.0588. The quantitative estimate of drug-likeness (QED) is 0.652. The molecule has 1 N–H and O–H groups in total. The van der Waals surface area contributed by atoms with Gasteiger partial charge in [-0.25, -0.2) is 0 Å². The number of methoxy groups -OCH3 is 1. The maximum atomic E-state index is 12.2. The molecule has 0 radical (unpaired) electrons. The highest BCUT2D eigenvalue weighted by atomic mass is 35.5. The third-order valence-electron chi connectivity index (χ3n) is 2.92. The molecule has 0 fully saturated rings. The highest BCUT2D eigenvalue weighted by Crippen LogP contribution is 2.24. The molecule has 2 aromatic rings. The van der Waals surface area contributed by atoms with Crippen LogP contribution < -0.4 is 10.1 Å². The number of nitriles is 1. The lowest BCUT2D eigenvalue weighted by Gasteiger charge is -2.07. The summed E-state index contributed by atoms with van der Waals surface area (Å²) in [5.41, 5.74) is 0.977. The van der Waals surface area contributed by atoms with Crippen molar-refractivity contribution in [3.63, 3.8) is 0 Å². The summed E-state index contributed by atoms with van der Waals surface area (Å²) in [7, 11) is 1.52. The van der Waals surface area contributed by atoms with Crippen LogP contribution in [-0.4, -0.2) is 13.0 Å². The van der Waals surface area contributed by atoms with Crippen LogP contribution in [0.1, 0.15) is 5.56 Å². The van der Waals surface area contributed by atoms with Gasteiger partial charge in [-0.3, -0.25) is 4.79 Å². The number of carbonyl (C=O) groups is 1. The number of amides is 1. The Hall–Kier alpha value is -2.48. The summed E-state index contributed by atoms with van der Waals surface area (Å²) < 4.78 is 5.20. The van der Waals surface area contributed by atoms with Crippen molar-refractivity contribution in [2.75, 3.05) is 12.4 Å². The molecule has 2 rings (SSSR count). The van der Waals surface area contributed by atoms with Gasteiger partial charge in [-0.1, -0.05) is 41.4 Å². The number of nitrogens with one attached hydrogen (secondary N) is 1. The SMILES string of the molecule is COc1ccccc1/C=C(\C#N)C(=O)Nc1cc(Cl)cc(Cl)c1. The molecular weight excluding hydrogens is 335 g/mol. The second-order valence-corrected chi connectivity index (χ2v) is 5.40. The van der Waals surface area contributed by atoms with Crippen molar-refractivity contribution >= 4 is 40.9 Å². The first-order chi connectivity index (χ1) is 11.0. The number of hydrogen-bond acceptors (Lipinski definition) is 3. The molecule has 0 saturated heterocycles. The van der Waals surface area contributed by atoms with Gasteiger partial charge in [0.15, 0.2) is 0 Å². The van der Waals surface area contributed by atoms with E-state index in [0.717, 1.165) is 0 Å². The predicted octanol–water partition coefficient (Wildman–Crippen LogP) is 4.55. The molecule has 0 bridgehead atoms. The summed E-state index contributed by atoms with van der Waals surface area (Å²) >= 11 is 11.8. The van der Waals surface area contributed by atoms with E-state index >= 15 is 0 Å². The lowest BCUT2D eigenvalue weighted by atomic mass is 10.1. The zero-order chi connectivity index (χ0) is 16.8. The lowest BCUT2D eigenvalue weighted by Crippen LogP contribution is -2.13. The van der Waals surface area contributed by atoms with E-state index in [-0.39, 0.29) is 5.57 Å². The monoisotopic (exact) mass is 346 g/mol. The number of rotatable bonds is 4. The number of nitrogens with zero attached hydrogens (tertiary/aromatic N) is 1. The number of carbonyl (C=O) groups excluding carboxylic acids is 1. The van der Waals surface area contributed by atoms with Crippen LogP contribution in [0.15, 0.2) is 48.0 Å². The Morgan fingerprint density at radius 2 is 1.87 bits per heavy atom. The molecule has 0 heterocycles. The molecule has 0 spiro atoms. The topological polar surface area (TPSA) is 62.1 Å². The van der Waals surface area contributed by atoms with E-state index in [1.807, 2.05) is 6.07 Å². The summed E-state index contributed by atoms with van der Waals surface area (Å²) in [6.45, 7) is 0. The minimum absolute atomic E-state index is 0.0643. The maximum absolute atomic E-state index is 12.2. The fourth-order valence-electron chi connectivity index (χ4n) is 1.91. The van der Waals surface area contributed by atoms with Crippen molar-refractivity contribution in [2.24, 2.45) is 0 Å². The second-order valence-electron chi connectivity index (χ2n) is 4.52. The Kier molecular flexibility index (Phi) is 5.64. The Labute approximate surface area is 143 Å². The third kappa shape index (κ3) is 4.49. The predicted molar refractivity (Wildman–Crippen MR) is 91.7 cm³/mol. The van der Waals surface area contributed by atoms with Crippen LogP contribution in [0.25, 0.3) is 6.08 Å². The van der Waals surface area contributed by atoms with Crippen molar-refractivity contribution in [2.45, 2.75) is 0 Å². The van der Waals surface area contributed by atoms with Crippen LogP contribution in [-0.2, 0) is 4.79 Å². The average Bonchev–Trinajstić information content (AvgIpc) is 2.51. The fourth-order valence-corrected chi connectivity index (χ4v) is 2.44. The Bertz CT molecular complexity index is 790. The van der Waals surface area contributed by atoms with Gasteiger partial charge in [0.05, 0.1) is 7.11 Å². The number of anilines is 1. The summed E-state index contributed by atoms with van der Waals surface area (Å²) in [4.78, 5) is 12.2. The standard InChI is InChI=1S/C17H12Cl2N2O2/c1-23-16-5-3-2-4-11(16)6-12(10-20)17(22)21-15-8-13(18)7-14(19)9-15/h2-9H,1H3,(H,21,22)/b12-6+. The lowest BCUT2D eigenvalue weighted by molar-refractivity contribution is -0.112. The van der Waals surface area contributed by atoms with E-state index in [2.05, 4.69) is 5.32 Å². The molecule has 116 valence electrons. The summed E-state index contributed by atoms with van der Waals surface area (Å²) in [6.07, 6.45) is 1.46. The number of halogens is 2. The van der Waals surface area contributed by atoms with Crippen molar-refractivity contribution in [1.29, 1.82) is 5.26 Å². The molecule has 4 nitrogen and oxygen atoms in total.